The summed E-state index contributed by atoms with van der Waals surface area (Å²) in [5.74, 6) is 0.460. The van der Waals surface area contributed by atoms with Crippen LogP contribution in [0, 0.1) is 27.7 Å². The quantitative estimate of drug-likeness (QED) is 0.674. The first-order valence-corrected chi connectivity index (χ1v) is 11.2. The largest absolute Gasteiger partial charge is 0.325 e. The van der Waals surface area contributed by atoms with E-state index in [4.69, 9.17) is 4.98 Å². The van der Waals surface area contributed by atoms with E-state index in [0.29, 0.717) is 17.8 Å². The van der Waals surface area contributed by atoms with Gasteiger partial charge < -0.3 is 5.32 Å². The first kappa shape index (κ1) is 20.8. The smallest absolute Gasteiger partial charge is 0.263 e. The van der Waals surface area contributed by atoms with Gasteiger partial charge in [-0.15, -0.1) is 11.3 Å². The van der Waals surface area contributed by atoms with Gasteiger partial charge in [0, 0.05) is 10.6 Å². The van der Waals surface area contributed by atoms with Crippen molar-refractivity contribution in [1.82, 2.24) is 14.5 Å². The van der Waals surface area contributed by atoms with E-state index in [2.05, 4.69) is 16.3 Å². The molecule has 30 heavy (non-hydrogen) atoms. The number of nitrogens with zero attached hydrogens (tertiary/aromatic N) is 3. The first-order valence-electron chi connectivity index (χ1n) is 10.4. The van der Waals surface area contributed by atoms with E-state index in [1.807, 2.05) is 39.8 Å². The van der Waals surface area contributed by atoms with E-state index in [-0.39, 0.29) is 18.0 Å². The van der Waals surface area contributed by atoms with Crippen molar-refractivity contribution in [2.24, 2.45) is 0 Å². The molecule has 3 heterocycles. The number of hydrogen-bond donors (Lipinski definition) is 1. The Labute approximate surface area is 180 Å². The van der Waals surface area contributed by atoms with Gasteiger partial charge in [0.25, 0.3) is 5.56 Å². The number of hydrogen-bond acceptors (Lipinski definition) is 5. The number of rotatable bonds is 5. The van der Waals surface area contributed by atoms with Crippen LogP contribution in [0.3, 0.4) is 0 Å². The van der Waals surface area contributed by atoms with Gasteiger partial charge in [0.15, 0.2) is 0 Å². The lowest BCUT2D eigenvalue weighted by atomic mass is 10.1. The molecule has 1 amide bonds. The predicted octanol–water partition coefficient (Wildman–Crippen LogP) is 3.93. The van der Waals surface area contributed by atoms with Crippen molar-refractivity contribution in [3.8, 4) is 0 Å². The first-order chi connectivity index (χ1) is 14.3. The van der Waals surface area contributed by atoms with Crippen LogP contribution >= 0.6 is 11.3 Å². The van der Waals surface area contributed by atoms with Gasteiger partial charge in [0.1, 0.15) is 17.2 Å². The minimum absolute atomic E-state index is 0.0354. The summed E-state index contributed by atoms with van der Waals surface area (Å²) >= 11 is 1.55. The molecule has 0 bridgehead atoms. The highest BCUT2D eigenvalue weighted by Crippen LogP contribution is 2.27. The third-order valence-corrected chi connectivity index (χ3v) is 6.84. The SMILES string of the molecule is Cc1cc(C)cc(NC(=O)Cn2c(CN3CCCC3)nc3sc(C)c(C)c3c2=O)c1. The Morgan fingerprint density at radius 1 is 1.10 bits per heavy atom. The Morgan fingerprint density at radius 3 is 2.43 bits per heavy atom. The summed E-state index contributed by atoms with van der Waals surface area (Å²) in [6.07, 6.45) is 2.33. The summed E-state index contributed by atoms with van der Waals surface area (Å²) in [7, 11) is 0. The Bertz CT molecular complexity index is 1150. The molecule has 1 aliphatic rings. The minimum atomic E-state index is -0.212. The van der Waals surface area contributed by atoms with Gasteiger partial charge in [-0.25, -0.2) is 4.98 Å². The number of anilines is 1. The maximum Gasteiger partial charge on any atom is 0.263 e. The zero-order valence-electron chi connectivity index (χ0n) is 18.0. The van der Waals surface area contributed by atoms with Crippen LogP contribution in [0.5, 0.6) is 0 Å². The zero-order chi connectivity index (χ0) is 21.4. The van der Waals surface area contributed by atoms with E-state index in [1.54, 1.807) is 15.9 Å². The Balaban J connectivity index is 1.69. The average molecular weight is 425 g/mol. The fraction of sp³-hybridized carbons (Fsp3) is 0.435. The van der Waals surface area contributed by atoms with Gasteiger partial charge >= 0.3 is 0 Å². The lowest BCUT2D eigenvalue weighted by molar-refractivity contribution is -0.116. The molecule has 6 nitrogen and oxygen atoms in total. The molecule has 1 N–H and O–H groups in total. The van der Waals surface area contributed by atoms with Gasteiger partial charge in [-0.1, -0.05) is 6.07 Å². The summed E-state index contributed by atoms with van der Waals surface area (Å²) in [4.78, 5) is 35.3. The molecular weight excluding hydrogens is 396 g/mol. The number of aromatic nitrogens is 2. The summed E-state index contributed by atoms with van der Waals surface area (Å²) in [6.45, 7) is 10.5. The number of benzene rings is 1. The molecule has 1 saturated heterocycles. The number of nitrogens with one attached hydrogen (secondary N) is 1. The average Bonchev–Trinajstić information content (AvgIpc) is 3.26. The van der Waals surface area contributed by atoms with E-state index in [1.165, 1.54) is 0 Å². The monoisotopic (exact) mass is 424 g/mol. The van der Waals surface area contributed by atoms with Gasteiger partial charge in [0.2, 0.25) is 5.91 Å². The van der Waals surface area contributed by atoms with Gasteiger partial charge in [-0.3, -0.25) is 19.1 Å². The van der Waals surface area contributed by atoms with Crippen LogP contribution in [-0.2, 0) is 17.9 Å². The van der Waals surface area contributed by atoms with Gasteiger partial charge in [-0.2, -0.15) is 0 Å². The zero-order valence-corrected chi connectivity index (χ0v) is 18.9. The van der Waals surface area contributed by atoms with E-state index in [0.717, 1.165) is 58.0 Å². The summed E-state index contributed by atoms with van der Waals surface area (Å²) in [6, 6.07) is 5.94. The number of carbonyl (C=O) groups is 1. The molecule has 0 unspecified atom stereocenters. The van der Waals surface area contributed by atoms with E-state index >= 15 is 0 Å². The molecule has 3 aromatic rings. The van der Waals surface area contributed by atoms with Crippen LogP contribution in [0.2, 0.25) is 0 Å². The van der Waals surface area contributed by atoms with Crippen molar-refractivity contribution >= 4 is 33.1 Å². The maximum atomic E-state index is 13.4. The topological polar surface area (TPSA) is 67.2 Å². The standard InChI is InChI=1S/C23H28N4O2S/c1-14-9-15(2)11-18(10-14)24-20(28)13-27-19(12-26-7-5-6-8-26)25-22-21(23(27)29)16(3)17(4)30-22/h9-11H,5-8,12-13H2,1-4H3,(H,24,28). The van der Waals surface area contributed by atoms with E-state index in [9.17, 15) is 9.59 Å². The highest BCUT2D eigenvalue weighted by molar-refractivity contribution is 7.18. The predicted molar refractivity (Wildman–Crippen MR) is 122 cm³/mol. The molecule has 1 fully saturated rings. The Kier molecular flexibility index (Phi) is 5.75. The van der Waals surface area contributed by atoms with Crippen molar-refractivity contribution < 1.29 is 4.79 Å². The second-order valence-corrected chi connectivity index (χ2v) is 9.49. The third kappa shape index (κ3) is 4.18. The number of carbonyl (C=O) groups excluding carboxylic acids is 1. The molecule has 0 saturated carbocycles. The van der Waals surface area contributed by atoms with Crippen LogP contribution in [0.1, 0.15) is 40.2 Å². The number of likely N-dealkylation sites (tertiary alicyclic amines) is 1. The molecule has 1 aliphatic heterocycles. The second kappa shape index (κ2) is 8.32. The fourth-order valence-corrected chi connectivity index (χ4v) is 5.22. The van der Waals surface area contributed by atoms with E-state index < -0.39 is 0 Å². The normalized spacial score (nSPS) is 14.5. The van der Waals surface area contributed by atoms with Crippen LogP contribution in [0.4, 0.5) is 5.69 Å². The summed E-state index contributed by atoms with van der Waals surface area (Å²) in [5.41, 5.74) is 3.77. The number of thiophene rings is 1. The van der Waals surface area contributed by atoms with Crippen molar-refractivity contribution in [3.63, 3.8) is 0 Å². The molecule has 158 valence electrons. The number of aryl methyl sites for hydroxylation is 4. The molecule has 0 radical (unpaired) electrons. The maximum absolute atomic E-state index is 13.4. The van der Waals surface area contributed by atoms with Crippen molar-refractivity contribution in [1.29, 1.82) is 0 Å². The summed E-state index contributed by atoms with van der Waals surface area (Å²) in [5, 5.41) is 3.59. The van der Waals surface area contributed by atoms with Crippen LogP contribution in [0.25, 0.3) is 10.2 Å². The Hall–Kier alpha value is -2.51. The second-order valence-electron chi connectivity index (χ2n) is 8.29. The Morgan fingerprint density at radius 2 is 1.77 bits per heavy atom. The van der Waals surface area contributed by atoms with Crippen LogP contribution < -0.4 is 10.9 Å². The lowest BCUT2D eigenvalue weighted by Crippen LogP contribution is -2.33. The van der Waals surface area contributed by atoms with Crippen LogP contribution in [-0.4, -0.2) is 33.4 Å². The highest BCUT2D eigenvalue weighted by atomic mass is 32.1. The molecule has 0 spiro atoms. The number of fused-ring (bicyclic) bond motifs is 1. The fourth-order valence-electron chi connectivity index (χ4n) is 4.18. The molecular formula is C23H28N4O2S. The molecule has 4 rings (SSSR count). The van der Waals surface area contributed by atoms with Gasteiger partial charge in [0.05, 0.1) is 11.9 Å². The summed E-state index contributed by atoms with van der Waals surface area (Å²) < 4.78 is 1.57. The third-order valence-electron chi connectivity index (χ3n) is 5.74. The molecule has 0 aliphatic carbocycles. The lowest BCUT2D eigenvalue weighted by Gasteiger charge is -2.18. The highest BCUT2D eigenvalue weighted by Gasteiger charge is 2.21. The molecule has 2 aromatic heterocycles. The van der Waals surface area contributed by atoms with Gasteiger partial charge in [-0.05, 0) is 82.4 Å². The van der Waals surface area contributed by atoms with Crippen molar-refractivity contribution in [2.75, 3.05) is 18.4 Å². The molecule has 0 atom stereocenters. The molecule has 7 heteroatoms. The molecule has 1 aromatic carbocycles. The van der Waals surface area contributed by atoms with Crippen molar-refractivity contribution in [2.45, 2.75) is 53.6 Å². The minimum Gasteiger partial charge on any atom is -0.325 e. The van der Waals surface area contributed by atoms with Crippen LogP contribution in [0.15, 0.2) is 23.0 Å². The number of amides is 1. The van der Waals surface area contributed by atoms with Crippen molar-refractivity contribution in [3.05, 3.63) is 55.9 Å².